The van der Waals surface area contributed by atoms with Gasteiger partial charge in [-0.15, -0.1) is 0 Å². The molecule has 1 atom stereocenters. The number of carbonyl (C=O) groups excluding carboxylic acids is 3. The molecule has 0 aromatic carbocycles. The molecular formula is C46H82O6. The molecule has 0 aliphatic heterocycles. The molecule has 0 N–H and O–H groups in total. The van der Waals surface area contributed by atoms with E-state index in [0.717, 1.165) is 64.2 Å². The van der Waals surface area contributed by atoms with Crippen molar-refractivity contribution in [1.82, 2.24) is 0 Å². The average molecular weight is 731 g/mol. The van der Waals surface area contributed by atoms with Gasteiger partial charge in [0.05, 0.1) is 0 Å². The van der Waals surface area contributed by atoms with Gasteiger partial charge in [0.25, 0.3) is 0 Å². The number of allylic oxidation sites excluding steroid dienone is 6. The van der Waals surface area contributed by atoms with Gasteiger partial charge < -0.3 is 14.2 Å². The van der Waals surface area contributed by atoms with Crippen molar-refractivity contribution in [3.05, 3.63) is 36.5 Å². The lowest BCUT2D eigenvalue weighted by Gasteiger charge is -2.18. The highest BCUT2D eigenvalue weighted by Crippen LogP contribution is 2.13. The third kappa shape index (κ3) is 38.9. The van der Waals surface area contributed by atoms with Gasteiger partial charge in [0.2, 0.25) is 0 Å². The van der Waals surface area contributed by atoms with E-state index >= 15 is 0 Å². The minimum atomic E-state index is -0.792. The van der Waals surface area contributed by atoms with Crippen molar-refractivity contribution in [2.45, 2.75) is 226 Å². The van der Waals surface area contributed by atoms with Crippen LogP contribution in [0.15, 0.2) is 36.5 Å². The van der Waals surface area contributed by atoms with E-state index in [1.165, 1.54) is 109 Å². The highest BCUT2D eigenvalue weighted by atomic mass is 16.6. The molecule has 0 aliphatic rings. The summed E-state index contributed by atoms with van der Waals surface area (Å²) in [6, 6.07) is 0. The van der Waals surface area contributed by atoms with Crippen LogP contribution >= 0.6 is 0 Å². The topological polar surface area (TPSA) is 78.9 Å². The lowest BCUT2D eigenvalue weighted by Crippen LogP contribution is -2.30. The largest absolute Gasteiger partial charge is 0.462 e. The van der Waals surface area contributed by atoms with E-state index < -0.39 is 6.10 Å². The number of carbonyl (C=O) groups is 3. The molecule has 0 aromatic heterocycles. The van der Waals surface area contributed by atoms with Gasteiger partial charge in [-0.2, -0.15) is 0 Å². The maximum Gasteiger partial charge on any atom is 0.306 e. The fourth-order valence-corrected chi connectivity index (χ4v) is 6.00. The second kappa shape index (κ2) is 41.4. The molecule has 0 saturated carbocycles. The Bertz CT molecular complexity index is 891. The quantitative estimate of drug-likeness (QED) is 0.0271. The fourth-order valence-electron chi connectivity index (χ4n) is 6.00. The van der Waals surface area contributed by atoms with Crippen LogP contribution in [-0.2, 0) is 28.6 Å². The Morgan fingerprint density at radius 1 is 0.385 bits per heavy atom. The molecule has 0 amide bonds. The van der Waals surface area contributed by atoms with E-state index in [0.29, 0.717) is 19.3 Å². The highest BCUT2D eigenvalue weighted by molar-refractivity contribution is 5.71. The van der Waals surface area contributed by atoms with Crippen molar-refractivity contribution in [2.24, 2.45) is 0 Å². The molecule has 0 rings (SSSR count). The van der Waals surface area contributed by atoms with Crippen LogP contribution in [0.5, 0.6) is 0 Å². The van der Waals surface area contributed by atoms with Crippen LogP contribution in [-0.4, -0.2) is 37.2 Å². The summed E-state index contributed by atoms with van der Waals surface area (Å²) >= 11 is 0. The van der Waals surface area contributed by atoms with E-state index in [4.69, 9.17) is 14.2 Å². The molecule has 0 spiro atoms. The van der Waals surface area contributed by atoms with Crippen LogP contribution in [0.3, 0.4) is 0 Å². The van der Waals surface area contributed by atoms with Crippen LogP contribution in [0.25, 0.3) is 0 Å². The number of unbranched alkanes of at least 4 members (excludes halogenated alkanes) is 22. The van der Waals surface area contributed by atoms with Crippen molar-refractivity contribution < 1.29 is 28.6 Å². The summed E-state index contributed by atoms with van der Waals surface area (Å²) in [4.78, 5) is 37.6. The Kier molecular flexibility index (Phi) is 39.5. The van der Waals surface area contributed by atoms with E-state index in [9.17, 15) is 14.4 Å². The van der Waals surface area contributed by atoms with Crippen LogP contribution < -0.4 is 0 Å². The maximum atomic E-state index is 12.7. The summed E-state index contributed by atoms with van der Waals surface area (Å²) in [6.07, 6.45) is 45.7. The molecule has 0 aromatic rings. The maximum absolute atomic E-state index is 12.7. The molecule has 1 unspecified atom stereocenters. The van der Waals surface area contributed by atoms with Gasteiger partial charge >= 0.3 is 17.9 Å². The van der Waals surface area contributed by atoms with Gasteiger partial charge in [0.1, 0.15) is 13.2 Å². The third-order valence-corrected chi connectivity index (χ3v) is 9.38. The first-order valence-electron chi connectivity index (χ1n) is 22.0. The first kappa shape index (κ1) is 49.6. The number of rotatable bonds is 39. The van der Waals surface area contributed by atoms with Crippen LogP contribution in [0, 0.1) is 0 Å². The second-order valence-electron chi connectivity index (χ2n) is 14.6. The number of hydrogen-bond donors (Lipinski definition) is 0. The van der Waals surface area contributed by atoms with Crippen molar-refractivity contribution in [1.29, 1.82) is 0 Å². The van der Waals surface area contributed by atoms with Crippen LogP contribution in [0.2, 0.25) is 0 Å². The summed E-state index contributed by atoms with van der Waals surface area (Å²) in [5, 5.41) is 0. The molecule has 6 heteroatoms. The zero-order valence-corrected chi connectivity index (χ0v) is 34.3. The van der Waals surface area contributed by atoms with E-state index in [1.54, 1.807) is 0 Å². The average Bonchev–Trinajstić information content (AvgIpc) is 3.14. The Balaban J connectivity index is 4.45. The van der Waals surface area contributed by atoms with E-state index in [-0.39, 0.29) is 37.5 Å². The standard InChI is InChI=1S/C46H82O6/c1-4-7-10-13-16-19-22-23-25-27-30-33-36-39-45(48)51-42-43(41-50-44(47)38-35-32-29-26-21-18-15-12-9-6-3)52-46(49)40-37-34-31-28-24-20-17-14-11-8-5-2/h14,17,23,25,30,33,43H,4-13,15-16,18-22,24,26-29,31-32,34-42H2,1-3H3/b17-14-,25-23-,33-30-. The molecule has 0 aliphatic carbocycles. The summed E-state index contributed by atoms with van der Waals surface area (Å²) in [7, 11) is 0. The number of esters is 3. The molecule has 302 valence electrons. The lowest BCUT2D eigenvalue weighted by atomic mass is 10.1. The smallest absolute Gasteiger partial charge is 0.306 e. The van der Waals surface area contributed by atoms with Crippen molar-refractivity contribution in [3.63, 3.8) is 0 Å². The molecular weight excluding hydrogens is 648 g/mol. The van der Waals surface area contributed by atoms with E-state index in [2.05, 4.69) is 51.2 Å². The summed E-state index contributed by atoms with van der Waals surface area (Å²) in [5.41, 5.74) is 0. The minimum Gasteiger partial charge on any atom is -0.462 e. The number of ether oxygens (including phenoxy) is 3. The van der Waals surface area contributed by atoms with Gasteiger partial charge in [-0.3, -0.25) is 14.4 Å². The van der Waals surface area contributed by atoms with Crippen LogP contribution in [0.4, 0.5) is 0 Å². The highest BCUT2D eigenvalue weighted by Gasteiger charge is 2.19. The second-order valence-corrected chi connectivity index (χ2v) is 14.6. The monoisotopic (exact) mass is 731 g/mol. The molecule has 0 fully saturated rings. The molecule has 0 saturated heterocycles. The van der Waals surface area contributed by atoms with Gasteiger partial charge in [-0.05, 0) is 57.8 Å². The molecule has 0 bridgehead atoms. The Hall–Kier alpha value is -2.37. The Morgan fingerprint density at radius 3 is 1.25 bits per heavy atom. The lowest BCUT2D eigenvalue weighted by molar-refractivity contribution is -0.166. The van der Waals surface area contributed by atoms with Gasteiger partial charge in [-0.25, -0.2) is 0 Å². The van der Waals surface area contributed by atoms with Gasteiger partial charge in [0.15, 0.2) is 6.10 Å². The van der Waals surface area contributed by atoms with E-state index in [1.807, 2.05) is 6.08 Å². The Labute approximate surface area is 321 Å². The summed E-state index contributed by atoms with van der Waals surface area (Å²) in [6.45, 7) is 6.50. The summed E-state index contributed by atoms with van der Waals surface area (Å²) in [5.74, 6) is -0.974. The normalized spacial score (nSPS) is 12.3. The van der Waals surface area contributed by atoms with Crippen molar-refractivity contribution in [3.8, 4) is 0 Å². The SMILES string of the molecule is CCCC/C=C\CCCCCCCC(=O)OC(COC(=O)CC/C=C\C/C=C\CCCCCCCC)COC(=O)CCCCCCCCCCCC. The zero-order valence-electron chi connectivity index (χ0n) is 34.3. The molecule has 0 radical (unpaired) electrons. The molecule has 6 nitrogen and oxygen atoms in total. The number of hydrogen-bond acceptors (Lipinski definition) is 6. The van der Waals surface area contributed by atoms with Gasteiger partial charge in [0, 0.05) is 19.3 Å². The third-order valence-electron chi connectivity index (χ3n) is 9.38. The molecule has 0 heterocycles. The Morgan fingerprint density at radius 2 is 0.750 bits per heavy atom. The predicted molar refractivity (Wildman–Crippen MR) is 219 cm³/mol. The molecule has 52 heavy (non-hydrogen) atoms. The zero-order chi connectivity index (χ0) is 38.0. The fraction of sp³-hybridized carbons (Fsp3) is 0.804. The first-order valence-corrected chi connectivity index (χ1v) is 22.0. The van der Waals surface area contributed by atoms with Crippen LogP contribution in [0.1, 0.15) is 220 Å². The van der Waals surface area contributed by atoms with Crippen molar-refractivity contribution in [2.75, 3.05) is 13.2 Å². The minimum absolute atomic E-state index is 0.0909. The van der Waals surface area contributed by atoms with Crippen molar-refractivity contribution >= 4 is 17.9 Å². The summed E-state index contributed by atoms with van der Waals surface area (Å²) < 4.78 is 16.6. The predicted octanol–water partition coefficient (Wildman–Crippen LogP) is 13.8. The van der Waals surface area contributed by atoms with Gasteiger partial charge in [-0.1, -0.05) is 179 Å². The first-order chi connectivity index (χ1) is 25.5.